The molecular formula is C39H40N3O2PS2. The van der Waals surface area contributed by atoms with E-state index < -0.39 is 16.9 Å². The van der Waals surface area contributed by atoms with Crippen molar-refractivity contribution in [1.82, 2.24) is 10.2 Å². The number of sulfonamides is 1. The molecule has 0 saturated carbocycles. The minimum Gasteiger partial charge on any atom is -0.358 e. The summed E-state index contributed by atoms with van der Waals surface area (Å²) in [5.74, 6) is 0.253. The minimum atomic E-state index is -4.20. The van der Waals surface area contributed by atoms with E-state index in [0.29, 0.717) is 5.11 Å². The highest BCUT2D eigenvalue weighted by atomic mass is 32.2. The van der Waals surface area contributed by atoms with Crippen molar-refractivity contribution in [2.45, 2.75) is 38.1 Å². The zero-order valence-electron chi connectivity index (χ0n) is 27.3. The molecule has 47 heavy (non-hydrogen) atoms. The first kappa shape index (κ1) is 34.1. The monoisotopic (exact) mass is 677 g/mol. The largest absolute Gasteiger partial charge is 0.358 e. The van der Waals surface area contributed by atoms with E-state index in [2.05, 4.69) is 41.7 Å². The highest BCUT2D eigenvalue weighted by Gasteiger charge is 2.36. The lowest BCUT2D eigenvalue weighted by atomic mass is 10.1. The van der Waals surface area contributed by atoms with Crippen molar-refractivity contribution in [2.24, 2.45) is 4.40 Å². The number of hydrogen-bond acceptors (Lipinski definition) is 3. The quantitative estimate of drug-likeness (QED) is 0.0880. The molecule has 1 N–H and O–H groups in total. The SMILES string of the molecule is Cc1ccc(S(=O)(=O)/N=C(\C(c2ccccc2)=P(c2ccccc2)(c2ccccc2)c2ccccc2)N(C)C(=S)NC(C)(C)C)cc1. The van der Waals surface area contributed by atoms with Crippen molar-refractivity contribution >= 4 is 61.3 Å². The second-order valence-corrected chi connectivity index (χ2v) is 17.7. The third-order valence-corrected chi connectivity index (χ3v) is 13.7. The molecule has 0 aliphatic carbocycles. The number of thiocarbonyl (C=S) groups is 1. The fourth-order valence-corrected chi connectivity index (χ4v) is 11.5. The van der Waals surface area contributed by atoms with Gasteiger partial charge in [0.15, 0.2) is 10.9 Å². The second kappa shape index (κ2) is 14.2. The molecule has 0 unspecified atom stereocenters. The van der Waals surface area contributed by atoms with Crippen LogP contribution < -0.4 is 21.2 Å². The lowest BCUT2D eigenvalue weighted by Crippen LogP contribution is -2.51. The van der Waals surface area contributed by atoms with Gasteiger partial charge in [0.2, 0.25) is 0 Å². The van der Waals surface area contributed by atoms with Gasteiger partial charge in [0.1, 0.15) is 0 Å². The molecule has 5 nitrogen and oxygen atoms in total. The smallest absolute Gasteiger partial charge is 0.284 e. The average molecular weight is 678 g/mol. The van der Waals surface area contributed by atoms with E-state index in [4.69, 9.17) is 16.6 Å². The van der Waals surface area contributed by atoms with E-state index in [1.807, 2.05) is 113 Å². The molecule has 5 aromatic rings. The van der Waals surface area contributed by atoms with Crippen LogP contribution in [0.2, 0.25) is 0 Å². The highest BCUT2D eigenvalue weighted by Crippen LogP contribution is 2.48. The van der Waals surface area contributed by atoms with Gasteiger partial charge >= 0.3 is 0 Å². The van der Waals surface area contributed by atoms with E-state index in [9.17, 15) is 8.42 Å². The van der Waals surface area contributed by atoms with Crippen LogP contribution in [0.5, 0.6) is 0 Å². The van der Waals surface area contributed by atoms with Crippen LogP contribution >= 0.6 is 19.1 Å². The molecule has 240 valence electrons. The van der Waals surface area contributed by atoms with Crippen LogP contribution in [0.25, 0.3) is 0 Å². The number of nitrogens with one attached hydrogen (secondary N) is 1. The van der Waals surface area contributed by atoms with Crippen molar-refractivity contribution in [2.75, 3.05) is 7.05 Å². The molecule has 8 heteroatoms. The molecular weight excluding hydrogens is 638 g/mol. The standard InChI is InChI=1S/C39H40N3O2PS2/c1-30-26-28-35(29-27-30)47(43,44)41-37(42(5)38(46)40-39(2,3)4)36(31-18-10-6-11-19-31)45(32-20-12-7-13-21-32,33-22-14-8-15-23-33)34-24-16-9-17-25-34/h6-29H,1-5H3,(H,40,46)/b41-37+. The molecule has 0 amide bonds. The predicted octanol–water partition coefficient (Wildman–Crippen LogP) is 6.90. The Morgan fingerprint density at radius 3 is 1.49 bits per heavy atom. The number of amidine groups is 1. The summed E-state index contributed by atoms with van der Waals surface area (Å²) in [5, 5.41) is 7.69. The molecule has 5 rings (SSSR count). The summed E-state index contributed by atoms with van der Waals surface area (Å²) in [6.07, 6.45) is 0. The molecule has 0 heterocycles. The Morgan fingerprint density at radius 1 is 0.681 bits per heavy atom. The average Bonchev–Trinajstić information content (AvgIpc) is 3.07. The lowest BCUT2D eigenvalue weighted by Gasteiger charge is -2.36. The van der Waals surface area contributed by atoms with Crippen molar-refractivity contribution in [3.05, 3.63) is 157 Å². The number of rotatable bonds is 7. The first-order valence-corrected chi connectivity index (χ1v) is 19.0. The van der Waals surface area contributed by atoms with Crippen LogP contribution in [0.15, 0.2) is 155 Å². The van der Waals surface area contributed by atoms with Gasteiger partial charge in [-0.15, -0.1) is 4.40 Å². The lowest BCUT2D eigenvalue weighted by molar-refractivity contribution is 0.493. The number of hydrogen-bond donors (Lipinski definition) is 1. The molecule has 0 spiro atoms. The molecule has 0 bridgehead atoms. The number of aryl methyl sites for hydroxylation is 1. The van der Waals surface area contributed by atoms with Crippen molar-refractivity contribution in [1.29, 1.82) is 0 Å². The molecule has 0 saturated heterocycles. The maximum absolute atomic E-state index is 14.4. The first-order chi connectivity index (χ1) is 22.4. The zero-order valence-corrected chi connectivity index (χ0v) is 29.9. The van der Waals surface area contributed by atoms with Crippen molar-refractivity contribution in [3.8, 4) is 0 Å². The van der Waals surface area contributed by atoms with Crippen molar-refractivity contribution in [3.63, 3.8) is 0 Å². The number of benzene rings is 5. The van der Waals surface area contributed by atoms with Gasteiger partial charge in [-0.25, -0.2) is 0 Å². The van der Waals surface area contributed by atoms with Gasteiger partial charge in [-0.1, -0.05) is 139 Å². The third-order valence-electron chi connectivity index (χ3n) is 7.65. The van der Waals surface area contributed by atoms with E-state index >= 15 is 0 Å². The topological polar surface area (TPSA) is 61.8 Å². The van der Waals surface area contributed by atoms with Gasteiger partial charge in [0.05, 0.1) is 4.90 Å². The summed E-state index contributed by atoms with van der Waals surface area (Å²) in [6.45, 7) is 5.10. The molecule has 0 aromatic heterocycles. The maximum atomic E-state index is 14.4. The van der Waals surface area contributed by atoms with E-state index in [0.717, 1.165) is 32.3 Å². The fraction of sp³-hybridized carbons (Fsp3) is 0.154. The van der Waals surface area contributed by atoms with Gasteiger partial charge in [-0.3, -0.25) is 0 Å². The van der Waals surface area contributed by atoms with E-state index in [1.165, 1.54) is 0 Å². The van der Waals surface area contributed by atoms with Crippen LogP contribution in [0.3, 0.4) is 0 Å². The summed E-state index contributed by atoms with van der Waals surface area (Å²) >= 11 is 6.00. The zero-order chi connectivity index (χ0) is 33.7. The van der Waals surface area contributed by atoms with E-state index in [1.54, 1.807) is 36.2 Å². The Kier molecular flexibility index (Phi) is 10.3. The molecule has 0 aliphatic rings. The second-order valence-electron chi connectivity index (χ2n) is 12.3. The minimum absolute atomic E-state index is 0.110. The summed E-state index contributed by atoms with van der Waals surface area (Å²) in [7, 11) is -2.41. The Balaban J connectivity index is 2.07. The van der Waals surface area contributed by atoms with Gasteiger partial charge in [0, 0.05) is 17.9 Å². The number of likely N-dealkylation sites (N-methyl/N-ethyl adjacent to an activating group) is 1. The summed E-state index contributed by atoms with van der Waals surface area (Å²) in [4.78, 5) is 1.83. The maximum Gasteiger partial charge on any atom is 0.284 e. The van der Waals surface area contributed by atoms with Crippen molar-refractivity contribution < 1.29 is 8.42 Å². The third kappa shape index (κ3) is 7.49. The van der Waals surface area contributed by atoms with Crippen LogP contribution in [-0.2, 0) is 10.0 Å². The normalized spacial score (nSPS) is 12.3. The summed E-state index contributed by atoms with van der Waals surface area (Å²) in [6, 6.07) is 47.8. The van der Waals surface area contributed by atoms with Gasteiger partial charge in [0.25, 0.3) is 10.0 Å². The van der Waals surface area contributed by atoms with Gasteiger partial charge < -0.3 is 10.2 Å². The molecule has 0 fully saturated rings. The Bertz CT molecular complexity index is 1920. The van der Waals surface area contributed by atoms with Crippen LogP contribution in [0, 0.1) is 6.92 Å². The van der Waals surface area contributed by atoms with Gasteiger partial charge in [-0.2, -0.15) is 8.42 Å². The van der Waals surface area contributed by atoms with Gasteiger partial charge in [-0.05, 0) is 80.4 Å². The highest BCUT2D eigenvalue weighted by molar-refractivity contribution is 7.97. The Hall–Kier alpha value is -4.29. The summed E-state index contributed by atoms with van der Waals surface area (Å²) in [5.41, 5.74) is 1.42. The van der Waals surface area contributed by atoms with Crippen LogP contribution in [-0.4, -0.2) is 42.1 Å². The Labute approximate surface area is 285 Å². The van der Waals surface area contributed by atoms with E-state index in [-0.39, 0.29) is 16.3 Å². The molecule has 0 atom stereocenters. The molecule has 0 aliphatic heterocycles. The van der Waals surface area contributed by atoms with Crippen LogP contribution in [0.4, 0.5) is 0 Å². The fourth-order valence-electron chi connectivity index (χ4n) is 5.50. The number of nitrogens with zero attached hydrogens (tertiary/aromatic N) is 2. The first-order valence-electron chi connectivity index (χ1n) is 15.4. The summed E-state index contributed by atoms with van der Waals surface area (Å²) < 4.78 is 33.5. The Morgan fingerprint density at radius 2 is 1.09 bits per heavy atom. The molecule has 5 aromatic carbocycles. The molecule has 0 radical (unpaired) electrons. The van der Waals surface area contributed by atoms with Crippen LogP contribution in [0.1, 0.15) is 31.9 Å². The predicted molar refractivity (Wildman–Crippen MR) is 205 cm³/mol.